The molecule has 0 spiro atoms. The molecule has 1 atom stereocenters. The third kappa shape index (κ3) is 3.05. The van der Waals surface area contributed by atoms with Crippen LogP contribution < -0.4 is 5.73 Å². The monoisotopic (exact) mass is 236 g/mol. The van der Waals surface area contributed by atoms with E-state index >= 15 is 0 Å². The molecule has 0 aliphatic rings. The zero-order valence-corrected chi connectivity index (χ0v) is 9.55. The Bertz CT molecular complexity index is 493. The SMILES string of the molecule is CO.NC(Cc1c[nH]c2ccccc12)C(=O)O. The van der Waals surface area contributed by atoms with Crippen LogP contribution in [0.5, 0.6) is 0 Å². The van der Waals surface area contributed by atoms with Crippen LogP contribution in [-0.4, -0.2) is 34.3 Å². The largest absolute Gasteiger partial charge is 0.480 e. The standard InChI is InChI=1S/C11H12N2O2.CH4O/c12-9(11(14)15)5-7-6-13-10-4-2-1-3-8(7)10;1-2/h1-4,6,9,13H,5,12H2,(H,14,15);2H,1H3. The first-order valence-corrected chi connectivity index (χ1v) is 5.16. The van der Waals surface area contributed by atoms with Crippen LogP contribution in [-0.2, 0) is 11.2 Å². The fraction of sp³-hybridized carbons (Fsp3) is 0.250. The maximum absolute atomic E-state index is 10.6. The van der Waals surface area contributed by atoms with Crippen molar-refractivity contribution in [3.05, 3.63) is 36.0 Å². The molecule has 0 saturated heterocycles. The van der Waals surface area contributed by atoms with Gasteiger partial charge in [-0.25, -0.2) is 0 Å². The number of aromatic amines is 1. The smallest absolute Gasteiger partial charge is 0.320 e. The number of nitrogens with two attached hydrogens (primary N) is 1. The number of benzene rings is 1. The van der Waals surface area contributed by atoms with Crippen molar-refractivity contribution in [3.63, 3.8) is 0 Å². The molecular formula is C12H16N2O3. The Labute approximate surface area is 98.9 Å². The van der Waals surface area contributed by atoms with Crippen LogP contribution in [0.1, 0.15) is 5.56 Å². The van der Waals surface area contributed by atoms with E-state index < -0.39 is 12.0 Å². The summed E-state index contributed by atoms with van der Waals surface area (Å²) in [6.07, 6.45) is 2.16. The molecule has 5 N–H and O–H groups in total. The van der Waals surface area contributed by atoms with Gasteiger partial charge in [0.1, 0.15) is 6.04 Å². The quantitative estimate of drug-likeness (QED) is 0.631. The highest BCUT2D eigenvalue weighted by Crippen LogP contribution is 2.18. The fourth-order valence-corrected chi connectivity index (χ4v) is 1.62. The number of carboxylic acids is 1. The lowest BCUT2D eigenvalue weighted by atomic mass is 10.1. The highest BCUT2D eigenvalue weighted by molar-refractivity contribution is 5.84. The normalized spacial score (nSPS) is 11.7. The minimum atomic E-state index is -0.972. The number of aliphatic hydroxyl groups excluding tert-OH is 1. The van der Waals surface area contributed by atoms with Gasteiger partial charge < -0.3 is 20.9 Å². The molecule has 17 heavy (non-hydrogen) atoms. The van der Waals surface area contributed by atoms with Crippen LogP contribution in [0.15, 0.2) is 30.5 Å². The Morgan fingerprint density at radius 3 is 2.71 bits per heavy atom. The summed E-state index contributed by atoms with van der Waals surface area (Å²) < 4.78 is 0. The van der Waals surface area contributed by atoms with Crippen LogP contribution in [0.25, 0.3) is 10.9 Å². The second-order valence-corrected chi connectivity index (χ2v) is 3.51. The molecule has 2 rings (SSSR count). The summed E-state index contributed by atoms with van der Waals surface area (Å²) in [7, 11) is 1.00. The number of carboxylic acid groups (broad SMARTS) is 1. The van der Waals surface area contributed by atoms with E-state index in [4.69, 9.17) is 15.9 Å². The summed E-state index contributed by atoms with van der Waals surface area (Å²) in [5, 5.41) is 16.8. The predicted octanol–water partition coefficient (Wildman–Crippen LogP) is 0.731. The number of hydrogen-bond acceptors (Lipinski definition) is 3. The van der Waals surface area contributed by atoms with Gasteiger partial charge in [-0.05, 0) is 11.6 Å². The Balaban J connectivity index is 0.000000686. The third-order valence-corrected chi connectivity index (χ3v) is 2.43. The van der Waals surface area contributed by atoms with Crippen molar-refractivity contribution in [2.75, 3.05) is 7.11 Å². The third-order valence-electron chi connectivity index (χ3n) is 2.43. The van der Waals surface area contributed by atoms with Crippen LogP contribution in [0.4, 0.5) is 0 Å². The maximum Gasteiger partial charge on any atom is 0.320 e. The lowest BCUT2D eigenvalue weighted by Gasteiger charge is -2.04. The van der Waals surface area contributed by atoms with E-state index in [1.807, 2.05) is 30.5 Å². The Morgan fingerprint density at radius 2 is 2.06 bits per heavy atom. The van der Waals surface area contributed by atoms with E-state index in [1.54, 1.807) is 0 Å². The van der Waals surface area contributed by atoms with Gasteiger partial charge in [0.15, 0.2) is 0 Å². The van der Waals surface area contributed by atoms with E-state index in [-0.39, 0.29) is 0 Å². The minimum Gasteiger partial charge on any atom is -0.480 e. The summed E-state index contributed by atoms with van der Waals surface area (Å²) >= 11 is 0. The van der Waals surface area contributed by atoms with Crippen LogP contribution >= 0.6 is 0 Å². The fourth-order valence-electron chi connectivity index (χ4n) is 1.62. The van der Waals surface area contributed by atoms with Crippen LogP contribution in [0, 0.1) is 0 Å². The second-order valence-electron chi connectivity index (χ2n) is 3.51. The lowest BCUT2D eigenvalue weighted by molar-refractivity contribution is -0.138. The molecule has 1 aromatic carbocycles. The zero-order chi connectivity index (χ0) is 12.8. The first kappa shape index (κ1) is 13.2. The molecule has 1 unspecified atom stereocenters. The first-order valence-electron chi connectivity index (χ1n) is 5.16. The van der Waals surface area contributed by atoms with Gasteiger partial charge in [-0.2, -0.15) is 0 Å². The number of rotatable bonds is 3. The van der Waals surface area contributed by atoms with Gasteiger partial charge in [0.05, 0.1) is 0 Å². The van der Waals surface area contributed by atoms with Gasteiger partial charge in [-0.3, -0.25) is 4.79 Å². The summed E-state index contributed by atoms with van der Waals surface area (Å²) in [6, 6.07) is 6.91. The van der Waals surface area contributed by atoms with Gasteiger partial charge in [0.2, 0.25) is 0 Å². The van der Waals surface area contributed by atoms with E-state index in [9.17, 15) is 4.79 Å². The van der Waals surface area contributed by atoms with Crippen LogP contribution in [0.2, 0.25) is 0 Å². The average molecular weight is 236 g/mol. The number of hydrogen-bond donors (Lipinski definition) is 4. The maximum atomic E-state index is 10.6. The molecule has 1 heterocycles. The number of fused-ring (bicyclic) bond motifs is 1. The van der Waals surface area contributed by atoms with E-state index in [2.05, 4.69) is 4.98 Å². The van der Waals surface area contributed by atoms with Gasteiger partial charge in [-0.15, -0.1) is 0 Å². The molecule has 0 amide bonds. The number of aromatic nitrogens is 1. The second kappa shape index (κ2) is 6.03. The highest BCUT2D eigenvalue weighted by Gasteiger charge is 2.14. The molecule has 0 saturated carbocycles. The van der Waals surface area contributed by atoms with Gasteiger partial charge >= 0.3 is 5.97 Å². The van der Waals surface area contributed by atoms with E-state index in [1.165, 1.54) is 0 Å². The molecule has 0 bridgehead atoms. The van der Waals surface area contributed by atoms with Crippen molar-refractivity contribution < 1.29 is 15.0 Å². The topological polar surface area (TPSA) is 99.3 Å². The number of H-pyrrole nitrogens is 1. The molecular weight excluding hydrogens is 220 g/mol. The molecule has 5 nitrogen and oxygen atoms in total. The van der Waals surface area contributed by atoms with Crippen molar-refractivity contribution in [1.82, 2.24) is 4.98 Å². The first-order chi connectivity index (χ1) is 8.18. The molecule has 2 aromatic rings. The highest BCUT2D eigenvalue weighted by atomic mass is 16.4. The number of aliphatic hydroxyl groups is 1. The Hall–Kier alpha value is -1.85. The molecule has 5 heteroatoms. The molecule has 92 valence electrons. The van der Waals surface area contributed by atoms with Crippen molar-refractivity contribution in [3.8, 4) is 0 Å². The summed E-state index contributed by atoms with van der Waals surface area (Å²) in [6.45, 7) is 0. The van der Waals surface area contributed by atoms with Crippen LogP contribution in [0.3, 0.4) is 0 Å². The molecule has 0 fully saturated rings. The van der Waals surface area contributed by atoms with Crippen molar-refractivity contribution in [2.45, 2.75) is 12.5 Å². The summed E-state index contributed by atoms with van der Waals surface area (Å²) in [5.74, 6) is -0.972. The van der Waals surface area contributed by atoms with Crippen molar-refractivity contribution >= 4 is 16.9 Å². The van der Waals surface area contributed by atoms with Gasteiger partial charge in [-0.1, -0.05) is 18.2 Å². The Kier molecular flexibility index (Phi) is 4.68. The summed E-state index contributed by atoms with van der Waals surface area (Å²) in [5.41, 5.74) is 7.43. The number of carbonyl (C=O) groups is 1. The summed E-state index contributed by atoms with van der Waals surface area (Å²) in [4.78, 5) is 13.7. The van der Waals surface area contributed by atoms with E-state index in [0.717, 1.165) is 23.6 Å². The van der Waals surface area contributed by atoms with Gasteiger partial charge in [0, 0.05) is 30.6 Å². The predicted molar refractivity (Wildman–Crippen MR) is 65.8 cm³/mol. The molecule has 0 aliphatic heterocycles. The average Bonchev–Trinajstić information content (AvgIpc) is 2.75. The zero-order valence-electron chi connectivity index (χ0n) is 9.55. The molecule has 0 aliphatic carbocycles. The Morgan fingerprint density at radius 1 is 1.41 bits per heavy atom. The number of para-hydroxylation sites is 1. The number of aliphatic carboxylic acids is 1. The number of nitrogens with one attached hydrogen (secondary N) is 1. The van der Waals surface area contributed by atoms with Crippen molar-refractivity contribution in [1.29, 1.82) is 0 Å². The lowest BCUT2D eigenvalue weighted by Crippen LogP contribution is -2.32. The minimum absolute atomic E-state index is 0.347. The van der Waals surface area contributed by atoms with E-state index in [0.29, 0.717) is 6.42 Å². The molecule has 1 aromatic heterocycles. The van der Waals surface area contributed by atoms with Crippen molar-refractivity contribution in [2.24, 2.45) is 5.73 Å². The van der Waals surface area contributed by atoms with Gasteiger partial charge in [0.25, 0.3) is 0 Å². The molecule has 0 radical (unpaired) electrons.